The van der Waals surface area contributed by atoms with Gasteiger partial charge in [0, 0.05) is 12.7 Å². The van der Waals surface area contributed by atoms with E-state index in [0.29, 0.717) is 0 Å². The maximum absolute atomic E-state index is 4.71. The topological polar surface area (TPSA) is 42.7 Å². The predicted octanol–water partition coefficient (Wildman–Crippen LogP) is 2.30. The Hall–Kier alpha value is -1.42. The van der Waals surface area contributed by atoms with Gasteiger partial charge in [0.2, 0.25) is 0 Å². The second-order valence-corrected chi connectivity index (χ2v) is 4.68. The summed E-state index contributed by atoms with van der Waals surface area (Å²) in [5.74, 6) is 1.05. The minimum atomic E-state index is -0.133. The molecule has 0 saturated carbocycles. The minimum Gasteiger partial charge on any atom is -0.311 e. The van der Waals surface area contributed by atoms with Gasteiger partial charge in [-0.1, -0.05) is 6.92 Å². The molecular formula is C13H20N4. The molecular weight excluding hydrogens is 212 g/mol. The number of rotatable bonds is 4. The van der Waals surface area contributed by atoms with Crippen LogP contribution >= 0.6 is 0 Å². The van der Waals surface area contributed by atoms with Crippen LogP contribution in [0.5, 0.6) is 0 Å². The van der Waals surface area contributed by atoms with E-state index in [1.807, 2.05) is 18.3 Å². The van der Waals surface area contributed by atoms with E-state index in [4.69, 9.17) is 4.98 Å². The van der Waals surface area contributed by atoms with Gasteiger partial charge in [0.15, 0.2) is 5.65 Å². The Labute approximate surface area is 102 Å². The van der Waals surface area contributed by atoms with Crippen LogP contribution in [0.3, 0.4) is 0 Å². The van der Waals surface area contributed by atoms with Gasteiger partial charge in [-0.05, 0) is 39.4 Å². The number of pyridine rings is 1. The van der Waals surface area contributed by atoms with Gasteiger partial charge in [0.1, 0.15) is 11.3 Å². The molecule has 0 bridgehead atoms. The number of fused-ring (bicyclic) bond motifs is 1. The summed E-state index contributed by atoms with van der Waals surface area (Å²) in [7, 11) is 0. The molecule has 92 valence electrons. The number of nitrogens with one attached hydrogen (secondary N) is 1. The van der Waals surface area contributed by atoms with Gasteiger partial charge in [-0.2, -0.15) is 0 Å². The van der Waals surface area contributed by atoms with Gasteiger partial charge >= 0.3 is 0 Å². The summed E-state index contributed by atoms with van der Waals surface area (Å²) in [6.07, 6.45) is 1.82. The zero-order valence-electron chi connectivity index (χ0n) is 11.0. The molecule has 0 radical (unpaired) electrons. The van der Waals surface area contributed by atoms with Crippen molar-refractivity contribution < 1.29 is 0 Å². The van der Waals surface area contributed by atoms with Crippen molar-refractivity contribution in [2.45, 2.75) is 39.8 Å². The van der Waals surface area contributed by atoms with Crippen LogP contribution < -0.4 is 5.32 Å². The molecule has 4 heteroatoms. The quantitative estimate of drug-likeness (QED) is 0.879. The Balaban J connectivity index is 2.61. The van der Waals surface area contributed by atoms with Crippen molar-refractivity contribution in [3.8, 4) is 0 Å². The maximum Gasteiger partial charge on any atom is 0.160 e. The summed E-state index contributed by atoms with van der Waals surface area (Å²) < 4.78 is 2.18. The Morgan fingerprint density at radius 3 is 2.76 bits per heavy atom. The van der Waals surface area contributed by atoms with E-state index in [2.05, 4.69) is 42.6 Å². The first kappa shape index (κ1) is 12.0. The van der Waals surface area contributed by atoms with E-state index in [9.17, 15) is 0 Å². The normalized spacial score (nSPS) is 12.2. The van der Waals surface area contributed by atoms with Gasteiger partial charge in [-0.15, -0.1) is 0 Å². The Morgan fingerprint density at radius 1 is 1.35 bits per heavy atom. The number of hydrogen-bond donors (Lipinski definition) is 1. The molecule has 0 aliphatic carbocycles. The van der Waals surface area contributed by atoms with Gasteiger partial charge < -0.3 is 9.88 Å². The lowest BCUT2D eigenvalue weighted by atomic mass is 10.0. The molecule has 0 spiro atoms. The number of aromatic nitrogens is 3. The Kier molecular flexibility index (Phi) is 3.15. The summed E-state index contributed by atoms with van der Waals surface area (Å²) in [6, 6.07) is 3.94. The van der Waals surface area contributed by atoms with Crippen molar-refractivity contribution in [2.75, 3.05) is 6.54 Å². The highest BCUT2D eigenvalue weighted by Crippen LogP contribution is 2.23. The Bertz CT molecular complexity index is 513. The summed E-state index contributed by atoms with van der Waals surface area (Å²) in [6.45, 7) is 10.4. The molecule has 0 fully saturated rings. The highest BCUT2D eigenvalue weighted by atomic mass is 15.2. The molecule has 1 N–H and O–H groups in total. The zero-order chi connectivity index (χ0) is 12.5. The summed E-state index contributed by atoms with van der Waals surface area (Å²) in [5.41, 5.74) is 1.80. The van der Waals surface area contributed by atoms with Crippen molar-refractivity contribution >= 4 is 11.2 Å². The van der Waals surface area contributed by atoms with Gasteiger partial charge in [-0.3, -0.25) is 0 Å². The van der Waals surface area contributed by atoms with Crippen LogP contribution in [0.2, 0.25) is 0 Å². The lowest BCUT2D eigenvalue weighted by Crippen LogP contribution is -2.38. The first-order valence-corrected chi connectivity index (χ1v) is 6.17. The summed E-state index contributed by atoms with van der Waals surface area (Å²) >= 11 is 0. The van der Waals surface area contributed by atoms with Crippen molar-refractivity contribution in [3.63, 3.8) is 0 Å². The largest absolute Gasteiger partial charge is 0.311 e. The van der Waals surface area contributed by atoms with E-state index < -0.39 is 0 Å². The standard InChI is InChI=1S/C13H20N4/c1-5-15-13(3,4)12-16-10-8-7-9-14-11(10)17(12)6-2/h7-9,15H,5-6H2,1-4H3. The number of aryl methyl sites for hydroxylation is 1. The second kappa shape index (κ2) is 4.45. The van der Waals surface area contributed by atoms with Crippen LogP contribution in [0.1, 0.15) is 33.5 Å². The molecule has 0 atom stereocenters. The van der Waals surface area contributed by atoms with Crippen molar-refractivity contribution in [1.82, 2.24) is 19.9 Å². The highest BCUT2D eigenvalue weighted by Gasteiger charge is 2.26. The molecule has 0 saturated heterocycles. The molecule has 17 heavy (non-hydrogen) atoms. The third-order valence-corrected chi connectivity index (χ3v) is 3.00. The van der Waals surface area contributed by atoms with Crippen LogP contribution in [0, 0.1) is 0 Å². The molecule has 2 aromatic heterocycles. The molecule has 0 aliphatic heterocycles. The molecule has 0 unspecified atom stereocenters. The van der Waals surface area contributed by atoms with Crippen LogP contribution in [-0.4, -0.2) is 21.1 Å². The van der Waals surface area contributed by atoms with Crippen molar-refractivity contribution in [1.29, 1.82) is 0 Å². The third-order valence-electron chi connectivity index (χ3n) is 3.00. The average molecular weight is 232 g/mol. The van der Waals surface area contributed by atoms with Crippen LogP contribution in [0.25, 0.3) is 11.2 Å². The maximum atomic E-state index is 4.71. The fraction of sp³-hybridized carbons (Fsp3) is 0.538. The van der Waals surface area contributed by atoms with Gasteiger partial charge in [0.05, 0.1) is 5.54 Å². The average Bonchev–Trinajstić information content (AvgIpc) is 2.68. The van der Waals surface area contributed by atoms with Gasteiger partial charge in [-0.25, -0.2) is 9.97 Å². The van der Waals surface area contributed by atoms with Crippen molar-refractivity contribution in [2.24, 2.45) is 0 Å². The molecule has 0 amide bonds. The highest BCUT2D eigenvalue weighted by molar-refractivity contribution is 5.71. The lowest BCUT2D eigenvalue weighted by molar-refractivity contribution is 0.377. The molecule has 4 nitrogen and oxygen atoms in total. The number of imidazole rings is 1. The smallest absolute Gasteiger partial charge is 0.160 e. The predicted molar refractivity (Wildman–Crippen MR) is 69.9 cm³/mol. The van der Waals surface area contributed by atoms with E-state index in [-0.39, 0.29) is 5.54 Å². The summed E-state index contributed by atoms with van der Waals surface area (Å²) in [4.78, 5) is 9.13. The second-order valence-electron chi connectivity index (χ2n) is 4.68. The fourth-order valence-corrected chi connectivity index (χ4v) is 2.26. The lowest BCUT2D eigenvalue weighted by Gasteiger charge is -2.25. The molecule has 2 aromatic rings. The SMILES string of the molecule is CCNC(C)(C)c1nc2cccnc2n1CC. The zero-order valence-corrected chi connectivity index (χ0v) is 11.0. The first-order chi connectivity index (χ1) is 8.10. The molecule has 0 aliphatic rings. The number of hydrogen-bond acceptors (Lipinski definition) is 3. The van der Waals surface area contributed by atoms with Gasteiger partial charge in [0.25, 0.3) is 0 Å². The van der Waals surface area contributed by atoms with Crippen molar-refractivity contribution in [3.05, 3.63) is 24.2 Å². The third kappa shape index (κ3) is 2.05. The summed E-state index contributed by atoms with van der Waals surface area (Å²) in [5, 5.41) is 3.46. The van der Waals surface area contributed by atoms with E-state index in [0.717, 1.165) is 30.1 Å². The Morgan fingerprint density at radius 2 is 2.12 bits per heavy atom. The van der Waals surface area contributed by atoms with E-state index in [1.165, 1.54) is 0 Å². The van der Waals surface area contributed by atoms with Crippen LogP contribution in [0.4, 0.5) is 0 Å². The van der Waals surface area contributed by atoms with Crippen LogP contribution in [-0.2, 0) is 12.1 Å². The molecule has 2 rings (SSSR count). The monoisotopic (exact) mass is 232 g/mol. The molecule has 0 aromatic carbocycles. The fourth-order valence-electron chi connectivity index (χ4n) is 2.26. The van der Waals surface area contributed by atoms with E-state index >= 15 is 0 Å². The number of nitrogens with zero attached hydrogens (tertiary/aromatic N) is 3. The first-order valence-electron chi connectivity index (χ1n) is 6.17. The molecule has 2 heterocycles. The van der Waals surface area contributed by atoms with E-state index in [1.54, 1.807) is 0 Å². The minimum absolute atomic E-state index is 0.133. The van der Waals surface area contributed by atoms with Crippen LogP contribution in [0.15, 0.2) is 18.3 Å².